The standard InChI is InChI=1S/C15H29NO2/c1-3-5-7-13(4-2)11-16-9-6-8-14(12-16)10-15(17)18/h13-14H,3-12H2,1-2H3,(H,17,18). The fourth-order valence-electron chi connectivity index (χ4n) is 3.01. The van der Waals surface area contributed by atoms with Crippen LogP contribution in [0.25, 0.3) is 0 Å². The van der Waals surface area contributed by atoms with Gasteiger partial charge in [0, 0.05) is 19.5 Å². The highest BCUT2D eigenvalue weighted by atomic mass is 16.4. The molecule has 1 aliphatic rings. The van der Waals surface area contributed by atoms with Gasteiger partial charge in [-0.1, -0.05) is 33.1 Å². The van der Waals surface area contributed by atoms with Gasteiger partial charge in [-0.05, 0) is 37.6 Å². The SMILES string of the molecule is CCCCC(CC)CN1CCCC(CC(=O)O)C1. The fourth-order valence-corrected chi connectivity index (χ4v) is 3.01. The Kier molecular flexibility index (Phi) is 7.33. The molecule has 0 aliphatic carbocycles. The third-order valence-corrected chi connectivity index (χ3v) is 4.13. The van der Waals surface area contributed by atoms with E-state index in [9.17, 15) is 4.79 Å². The van der Waals surface area contributed by atoms with Crippen LogP contribution in [0.2, 0.25) is 0 Å². The second-order valence-corrected chi connectivity index (χ2v) is 5.78. The van der Waals surface area contributed by atoms with Crippen molar-refractivity contribution in [3.05, 3.63) is 0 Å². The predicted octanol–water partition coefficient (Wildman–Crippen LogP) is 3.39. The number of hydrogen-bond acceptors (Lipinski definition) is 2. The van der Waals surface area contributed by atoms with E-state index >= 15 is 0 Å². The number of unbranched alkanes of at least 4 members (excludes halogenated alkanes) is 1. The zero-order valence-electron chi connectivity index (χ0n) is 12.0. The average Bonchev–Trinajstić information content (AvgIpc) is 2.34. The molecule has 1 aliphatic heterocycles. The minimum absolute atomic E-state index is 0.349. The average molecular weight is 255 g/mol. The van der Waals surface area contributed by atoms with Gasteiger partial charge >= 0.3 is 5.97 Å². The predicted molar refractivity (Wildman–Crippen MR) is 74.7 cm³/mol. The Bertz CT molecular complexity index is 243. The molecule has 0 spiro atoms. The zero-order valence-corrected chi connectivity index (χ0v) is 12.0. The van der Waals surface area contributed by atoms with Gasteiger partial charge in [0.15, 0.2) is 0 Å². The maximum absolute atomic E-state index is 10.8. The number of hydrogen-bond donors (Lipinski definition) is 1. The summed E-state index contributed by atoms with van der Waals surface area (Å²) in [6.45, 7) is 7.86. The van der Waals surface area contributed by atoms with Crippen LogP contribution in [0.5, 0.6) is 0 Å². The number of carboxylic acids is 1. The summed E-state index contributed by atoms with van der Waals surface area (Å²) in [5.74, 6) is 0.535. The van der Waals surface area contributed by atoms with Crippen molar-refractivity contribution in [2.45, 2.75) is 58.8 Å². The van der Waals surface area contributed by atoms with E-state index < -0.39 is 5.97 Å². The molecule has 2 unspecified atom stereocenters. The molecule has 1 fully saturated rings. The Balaban J connectivity index is 2.33. The van der Waals surface area contributed by atoms with Gasteiger partial charge < -0.3 is 10.0 Å². The highest BCUT2D eigenvalue weighted by Gasteiger charge is 2.23. The summed E-state index contributed by atoms with van der Waals surface area (Å²) in [6.07, 6.45) is 7.79. The van der Waals surface area contributed by atoms with Crippen LogP contribution >= 0.6 is 0 Å². The van der Waals surface area contributed by atoms with Gasteiger partial charge in [-0.25, -0.2) is 0 Å². The largest absolute Gasteiger partial charge is 0.481 e. The molecule has 0 aromatic rings. The van der Waals surface area contributed by atoms with Gasteiger partial charge in [-0.3, -0.25) is 4.79 Å². The molecule has 0 aromatic heterocycles. The molecule has 0 bridgehead atoms. The van der Waals surface area contributed by atoms with Gasteiger partial charge in [0.05, 0.1) is 0 Å². The van der Waals surface area contributed by atoms with Crippen molar-refractivity contribution in [3.8, 4) is 0 Å². The Labute approximate surface area is 112 Å². The van der Waals surface area contributed by atoms with Crippen molar-refractivity contribution in [1.82, 2.24) is 4.90 Å². The fraction of sp³-hybridized carbons (Fsp3) is 0.933. The van der Waals surface area contributed by atoms with E-state index in [1.165, 1.54) is 45.2 Å². The first-order valence-electron chi connectivity index (χ1n) is 7.59. The Morgan fingerprint density at radius 3 is 2.83 bits per heavy atom. The van der Waals surface area contributed by atoms with Crippen LogP contribution in [0.3, 0.4) is 0 Å². The molecule has 0 amide bonds. The molecule has 106 valence electrons. The van der Waals surface area contributed by atoms with Crippen LogP contribution in [0.4, 0.5) is 0 Å². The molecule has 18 heavy (non-hydrogen) atoms. The van der Waals surface area contributed by atoms with Gasteiger partial charge in [0.25, 0.3) is 0 Å². The molecule has 1 heterocycles. The minimum atomic E-state index is -0.639. The molecule has 2 atom stereocenters. The zero-order chi connectivity index (χ0) is 13.4. The van der Waals surface area contributed by atoms with E-state index in [0.29, 0.717) is 12.3 Å². The number of likely N-dealkylation sites (tertiary alicyclic amines) is 1. The maximum atomic E-state index is 10.8. The van der Waals surface area contributed by atoms with Crippen molar-refractivity contribution in [3.63, 3.8) is 0 Å². The summed E-state index contributed by atoms with van der Waals surface area (Å²) in [5, 5.41) is 8.88. The summed E-state index contributed by atoms with van der Waals surface area (Å²) in [7, 11) is 0. The summed E-state index contributed by atoms with van der Waals surface area (Å²) < 4.78 is 0. The van der Waals surface area contributed by atoms with E-state index in [1.807, 2.05) is 0 Å². The molecule has 3 heteroatoms. The topological polar surface area (TPSA) is 40.5 Å². The van der Waals surface area contributed by atoms with Gasteiger partial charge in [-0.2, -0.15) is 0 Å². The molecule has 1 rings (SSSR count). The molecule has 0 aromatic carbocycles. The number of aliphatic carboxylic acids is 1. The summed E-state index contributed by atoms with van der Waals surface area (Å²) in [4.78, 5) is 13.3. The Hall–Kier alpha value is -0.570. The smallest absolute Gasteiger partial charge is 0.303 e. The van der Waals surface area contributed by atoms with E-state index in [0.717, 1.165) is 18.9 Å². The normalized spacial score (nSPS) is 22.9. The van der Waals surface area contributed by atoms with Crippen molar-refractivity contribution >= 4 is 5.97 Å². The van der Waals surface area contributed by atoms with Crippen molar-refractivity contribution in [1.29, 1.82) is 0 Å². The number of nitrogens with zero attached hydrogens (tertiary/aromatic N) is 1. The summed E-state index contributed by atoms with van der Waals surface area (Å²) >= 11 is 0. The number of carboxylic acid groups (broad SMARTS) is 1. The monoisotopic (exact) mass is 255 g/mol. The molecular formula is C15H29NO2. The number of rotatable bonds is 8. The van der Waals surface area contributed by atoms with E-state index in [2.05, 4.69) is 18.7 Å². The van der Waals surface area contributed by atoms with Crippen molar-refractivity contribution in [2.24, 2.45) is 11.8 Å². The highest BCUT2D eigenvalue weighted by molar-refractivity contribution is 5.67. The molecule has 0 radical (unpaired) electrons. The quantitative estimate of drug-likeness (QED) is 0.722. The third-order valence-electron chi connectivity index (χ3n) is 4.13. The Morgan fingerprint density at radius 1 is 1.44 bits per heavy atom. The van der Waals surface area contributed by atoms with E-state index in [4.69, 9.17) is 5.11 Å². The van der Waals surface area contributed by atoms with Crippen LogP contribution in [-0.2, 0) is 4.79 Å². The number of piperidine rings is 1. The molecular weight excluding hydrogens is 226 g/mol. The van der Waals surface area contributed by atoms with Crippen LogP contribution in [0.15, 0.2) is 0 Å². The van der Waals surface area contributed by atoms with Gasteiger partial charge in [0.1, 0.15) is 0 Å². The van der Waals surface area contributed by atoms with E-state index in [1.54, 1.807) is 0 Å². The Morgan fingerprint density at radius 2 is 2.22 bits per heavy atom. The van der Waals surface area contributed by atoms with Crippen LogP contribution in [0.1, 0.15) is 58.8 Å². The lowest BCUT2D eigenvalue weighted by Gasteiger charge is -2.34. The van der Waals surface area contributed by atoms with Gasteiger partial charge in [0.2, 0.25) is 0 Å². The first kappa shape index (κ1) is 15.5. The minimum Gasteiger partial charge on any atom is -0.481 e. The lowest BCUT2D eigenvalue weighted by molar-refractivity contribution is -0.138. The molecule has 3 nitrogen and oxygen atoms in total. The maximum Gasteiger partial charge on any atom is 0.303 e. The third kappa shape index (κ3) is 5.85. The van der Waals surface area contributed by atoms with Gasteiger partial charge in [-0.15, -0.1) is 0 Å². The summed E-state index contributed by atoms with van der Waals surface area (Å²) in [6, 6.07) is 0. The summed E-state index contributed by atoms with van der Waals surface area (Å²) in [5.41, 5.74) is 0. The molecule has 1 saturated heterocycles. The number of carbonyl (C=O) groups is 1. The first-order valence-corrected chi connectivity index (χ1v) is 7.59. The van der Waals surface area contributed by atoms with E-state index in [-0.39, 0.29) is 0 Å². The lowest BCUT2D eigenvalue weighted by atomic mass is 9.92. The van der Waals surface area contributed by atoms with Crippen LogP contribution < -0.4 is 0 Å². The van der Waals surface area contributed by atoms with Crippen molar-refractivity contribution in [2.75, 3.05) is 19.6 Å². The second-order valence-electron chi connectivity index (χ2n) is 5.78. The second kappa shape index (κ2) is 8.52. The van der Waals surface area contributed by atoms with Crippen LogP contribution in [-0.4, -0.2) is 35.6 Å². The molecule has 0 saturated carbocycles. The van der Waals surface area contributed by atoms with Crippen molar-refractivity contribution < 1.29 is 9.90 Å². The van der Waals surface area contributed by atoms with Crippen LogP contribution in [0, 0.1) is 11.8 Å². The lowest BCUT2D eigenvalue weighted by Crippen LogP contribution is -2.39. The highest BCUT2D eigenvalue weighted by Crippen LogP contribution is 2.22. The first-order chi connectivity index (χ1) is 8.65. The molecule has 1 N–H and O–H groups in total.